The van der Waals surface area contributed by atoms with Crippen LogP contribution < -0.4 is 5.11 Å². The zero-order chi connectivity index (χ0) is 17.8. The van der Waals surface area contributed by atoms with Gasteiger partial charge >= 0.3 is 6.09 Å². The molecule has 2 fully saturated rings. The summed E-state index contributed by atoms with van der Waals surface area (Å²) in [5.74, 6) is -1.55. The van der Waals surface area contributed by atoms with Crippen molar-refractivity contribution >= 4 is 18.0 Å². The molecule has 2 aliphatic heterocycles. The fourth-order valence-electron chi connectivity index (χ4n) is 3.51. The lowest BCUT2D eigenvalue weighted by atomic mass is 10.1. The number of rotatable bonds is 4. The fraction of sp³-hybridized carbons (Fsp3) is 0.500. The van der Waals surface area contributed by atoms with Gasteiger partial charge in [-0.1, -0.05) is 30.3 Å². The van der Waals surface area contributed by atoms with Gasteiger partial charge in [-0.15, -0.1) is 0 Å². The first-order chi connectivity index (χ1) is 12.1. The van der Waals surface area contributed by atoms with E-state index in [9.17, 15) is 19.5 Å². The molecule has 0 N–H and O–H groups in total. The van der Waals surface area contributed by atoms with Crippen LogP contribution in [0.5, 0.6) is 0 Å². The van der Waals surface area contributed by atoms with Crippen molar-refractivity contribution < 1.29 is 24.2 Å². The fourth-order valence-corrected chi connectivity index (χ4v) is 3.51. The minimum absolute atomic E-state index is 0.141. The Balaban J connectivity index is 1.62. The number of amides is 2. The Bertz CT molecular complexity index is 648. The molecule has 0 aliphatic carbocycles. The molecule has 0 radical (unpaired) electrons. The van der Waals surface area contributed by atoms with Gasteiger partial charge in [-0.3, -0.25) is 9.69 Å². The van der Waals surface area contributed by atoms with Gasteiger partial charge in [0.1, 0.15) is 12.6 Å². The number of carbonyl (C=O) groups is 3. The van der Waals surface area contributed by atoms with Crippen LogP contribution in [0.4, 0.5) is 4.79 Å². The first-order valence-electron chi connectivity index (χ1n) is 8.56. The molecule has 0 bridgehead atoms. The van der Waals surface area contributed by atoms with Crippen molar-refractivity contribution in [2.75, 3.05) is 13.1 Å². The van der Waals surface area contributed by atoms with Crippen LogP contribution >= 0.6 is 0 Å². The Morgan fingerprint density at radius 3 is 2.32 bits per heavy atom. The van der Waals surface area contributed by atoms with Crippen molar-refractivity contribution in [3.8, 4) is 0 Å². The Kier molecular flexibility index (Phi) is 5.21. The van der Waals surface area contributed by atoms with Crippen LogP contribution in [0.3, 0.4) is 0 Å². The number of benzene rings is 1. The molecule has 0 saturated carbocycles. The summed E-state index contributed by atoms with van der Waals surface area (Å²) < 4.78 is 5.32. The molecule has 1 aromatic carbocycles. The lowest BCUT2D eigenvalue weighted by molar-refractivity contribution is -0.310. The largest absolute Gasteiger partial charge is 0.548 e. The zero-order valence-electron chi connectivity index (χ0n) is 13.9. The molecule has 134 valence electrons. The predicted molar refractivity (Wildman–Crippen MR) is 86.1 cm³/mol. The van der Waals surface area contributed by atoms with Gasteiger partial charge in [0.2, 0.25) is 5.91 Å². The molecule has 25 heavy (non-hydrogen) atoms. The monoisotopic (exact) mass is 345 g/mol. The molecule has 0 aromatic heterocycles. The summed E-state index contributed by atoms with van der Waals surface area (Å²) in [6.45, 7) is 0.969. The Labute approximate surface area is 146 Å². The molecular formula is C18H21N2O5-. The quantitative estimate of drug-likeness (QED) is 0.794. The van der Waals surface area contributed by atoms with E-state index in [1.807, 2.05) is 30.3 Å². The van der Waals surface area contributed by atoms with Crippen LogP contribution in [0.25, 0.3) is 0 Å². The number of hydrogen-bond donors (Lipinski definition) is 0. The first kappa shape index (κ1) is 17.3. The van der Waals surface area contributed by atoms with Gasteiger partial charge in [0, 0.05) is 13.1 Å². The number of carboxylic acids is 1. The van der Waals surface area contributed by atoms with E-state index >= 15 is 0 Å². The smallest absolute Gasteiger partial charge is 0.410 e. The number of carboxylic acid groups (broad SMARTS) is 1. The highest BCUT2D eigenvalue weighted by Gasteiger charge is 2.40. The van der Waals surface area contributed by atoms with E-state index in [1.165, 1.54) is 9.80 Å². The zero-order valence-corrected chi connectivity index (χ0v) is 13.9. The van der Waals surface area contributed by atoms with E-state index < -0.39 is 24.1 Å². The van der Waals surface area contributed by atoms with Crippen LogP contribution in [0, 0.1) is 0 Å². The summed E-state index contributed by atoms with van der Waals surface area (Å²) in [6.07, 6.45) is 1.72. The summed E-state index contributed by atoms with van der Waals surface area (Å²) in [7, 11) is 0. The van der Waals surface area contributed by atoms with E-state index in [4.69, 9.17) is 4.74 Å². The average Bonchev–Trinajstić information content (AvgIpc) is 3.29. The molecule has 2 amide bonds. The van der Waals surface area contributed by atoms with E-state index in [0.717, 1.165) is 5.56 Å². The minimum atomic E-state index is -1.23. The Hall–Kier alpha value is -2.57. The number of carbonyl (C=O) groups excluding carboxylic acids is 3. The summed E-state index contributed by atoms with van der Waals surface area (Å²) >= 11 is 0. The van der Waals surface area contributed by atoms with Gasteiger partial charge in [0.25, 0.3) is 0 Å². The van der Waals surface area contributed by atoms with Crippen molar-refractivity contribution in [2.45, 2.75) is 44.4 Å². The highest BCUT2D eigenvalue weighted by atomic mass is 16.6. The van der Waals surface area contributed by atoms with Gasteiger partial charge in [0.05, 0.1) is 12.0 Å². The van der Waals surface area contributed by atoms with Crippen LogP contribution in [0.2, 0.25) is 0 Å². The van der Waals surface area contributed by atoms with Crippen LogP contribution in [0.1, 0.15) is 31.2 Å². The van der Waals surface area contributed by atoms with Gasteiger partial charge in [0.15, 0.2) is 0 Å². The van der Waals surface area contributed by atoms with Crippen molar-refractivity contribution in [1.82, 2.24) is 9.80 Å². The van der Waals surface area contributed by atoms with Gasteiger partial charge in [-0.2, -0.15) is 0 Å². The third-order valence-electron chi connectivity index (χ3n) is 4.79. The molecule has 2 aliphatic rings. The summed E-state index contributed by atoms with van der Waals surface area (Å²) in [5, 5.41) is 11.2. The minimum Gasteiger partial charge on any atom is -0.548 e. The molecule has 0 spiro atoms. The SMILES string of the molecule is O=C([O-])[C@H]1CCCN1C(=O)[C@H]1CCCN1C(=O)OCc1ccccc1. The molecule has 2 saturated heterocycles. The molecule has 3 rings (SSSR count). The van der Waals surface area contributed by atoms with Gasteiger partial charge < -0.3 is 19.5 Å². The second-order valence-corrected chi connectivity index (χ2v) is 6.40. The summed E-state index contributed by atoms with van der Waals surface area (Å²) in [5.41, 5.74) is 0.870. The lowest BCUT2D eigenvalue weighted by Gasteiger charge is -2.31. The Morgan fingerprint density at radius 1 is 1.00 bits per heavy atom. The second-order valence-electron chi connectivity index (χ2n) is 6.40. The van der Waals surface area contributed by atoms with Crippen molar-refractivity contribution in [2.24, 2.45) is 0 Å². The van der Waals surface area contributed by atoms with Crippen molar-refractivity contribution in [3.63, 3.8) is 0 Å². The second kappa shape index (κ2) is 7.55. The molecule has 7 heteroatoms. The summed E-state index contributed by atoms with van der Waals surface area (Å²) in [6, 6.07) is 7.77. The third kappa shape index (κ3) is 3.75. The standard InChI is InChI=1S/C18H22N2O5/c21-16(19-10-5-9-15(19)17(22)23)14-8-4-11-20(14)18(24)25-12-13-6-2-1-3-7-13/h1-3,6-7,14-15H,4-5,8-12H2,(H,22,23)/p-1/t14-,15-/m1/s1. The van der Waals surface area contributed by atoms with Gasteiger partial charge in [-0.25, -0.2) is 4.79 Å². The van der Waals surface area contributed by atoms with E-state index in [1.54, 1.807) is 0 Å². The van der Waals surface area contributed by atoms with E-state index in [0.29, 0.717) is 38.8 Å². The van der Waals surface area contributed by atoms with Crippen LogP contribution in [-0.2, 0) is 20.9 Å². The number of hydrogen-bond acceptors (Lipinski definition) is 5. The molecule has 2 atom stereocenters. The third-order valence-corrected chi connectivity index (χ3v) is 4.79. The van der Waals surface area contributed by atoms with Crippen LogP contribution in [-0.4, -0.2) is 52.9 Å². The molecule has 2 heterocycles. The number of likely N-dealkylation sites (tertiary alicyclic amines) is 2. The number of ether oxygens (including phenoxy) is 1. The van der Waals surface area contributed by atoms with E-state index in [-0.39, 0.29) is 12.5 Å². The van der Waals surface area contributed by atoms with Crippen molar-refractivity contribution in [1.29, 1.82) is 0 Å². The highest BCUT2D eigenvalue weighted by molar-refractivity contribution is 5.89. The molecular weight excluding hydrogens is 324 g/mol. The normalized spacial score (nSPS) is 22.9. The number of aliphatic carboxylic acids is 1. The highest BCUT2D eigenvalue weighted by Crippen LogP contribution is 2.25. The molecule has 1 aromatic rings. The van der Waals surface area contributed by atoms with Gasteiger partial charge in [-0.05, 0) is 31.2 Å². The number of nitrogens with zero attached hydrogens (tertiary/aromatic N) is 2. The van der Waals surface area contributed by atoms with Crippen molar-refractivity contribution in [3.05, 3.63) is 35.9 Å². The predicted octanol–water partition coefficient (Wildman–Crippen LogP) is 0.528. The average molecular weight is 345 g/mol. The van der Waals surface area contributed by atoms with E-state index in [2.05, 4.69) is 0 Å². The maximum Gasteiger partial charge on any atom is 0.410 e. The molecule has 0 unspecified atom stereocenters. The van der Waals surface area contributed by atoms with Crippen LogP contribution in [0.15, 0.2) is 30.3 Å². The maximum absolute atomic E-state index is 12.7. The molecule has 7 nitrogen and oxygen atoms in total. The summed E-state index contributed by atoms with van der Waals surface area (Å²) in [4.78, 5) is 39.0. The Morgan fingerprint density at radius 2 is 1.64 bits per heavy atom. The lowest BCUT2D eigenvalue weighted by Crippen LogP contribution is -2.53. The first-order valence-corrected chi connectivity index (χ1v) is 8.56. The topological polar surface area (TPSA) is 90.0 Å². The maximum atomic E-state index is 12.7.